The maximum absolute atomic E-state index is 10.9. The predicted molar refractivity (Wildman–Crippen MR) is 98.7 cm³/mol. The van der Waals surface area contributed by atoms with Crippen molar-refractivity contribution >= 4 is 23.1 Å². The van der Waals surface area contributed by atoms with Crippen molar-refractivity contribution in [3.63, 3.8) is 0 Å². The van der Waals surface area contributed by atoms with E-state index in [1.165, 1.54) is 9.78 Å². The standard InChI is InChI=1S/C18H23N3O3S/c1-13-17(25-12-19-13)8-11-24-16-4-2-14(3-5-16)20-15-6-9-21(10-7-15)18(22)23/h2-5,12,15,20H,6-11H2,1H3,(H,22,23). The Kier molecular flexibility index (Phi) is 5.75. The molecule has 7 heteroatoms. The highest BCUT2D eigenvalue weighted by Gasteiger charge is 2.21. The van der Waals surface area contributed by atoms with E-state index in [9.17, 15) is 4.79 Å². The monoisotopic (exact) mass is 361 g/mol. The van der Waals surface area contributed by atoms with Gasteiger partial charge in [-0.2, -0.15) is 0 Å². The summed E-state index contributed by atoms with van der Waals surface area (Å²) in [5.74, 6) is 0.855. The number of hydrogen-bond donors (Lipinski definition) is 2. The molecule has 6 nitrogen and oxygen atoms in total. The lowest BCUT2D eigenvalue weighted by molar-refractivity contribution is 0.134. The molecule has 1 aromatic carbocycles. The van der Waals surface area contributed by atoms with E-state index in [1.54, 1.807) is 11.3 Å². The van der Waals surface area contributed by atoms with Gasteiger partial charge >= 0.3 is 6.09 Å². The number of amides is 1. The predicted octanol–water partition coefficient (Wildman–Crippen LogP) is 3.63. The first-order valence-electron chi connectivity index (χ1n) is 8.48. The van der Waals surface area contributed by atoms with Crippen molar-refractivity contribution in [3.05, 3.63) is 40.3 Å². The highest BCUT2D eigenvalue weighted by Crippen LogP contribution is 2.20. The van der Waals surface area contributed by atoms with Crippen LogP contribution in [0.5, 0.6) is 5.75 Å². The Bertz CT molecular complexity index is 694. The average molecular weight is 361 g/mol. The maximum atomic E-state index is 10.9. The van der Waals surface area contributed by atoms with Crippen LogP contribution >= 0.6 is 11.3 Å². The number of carboxylic acid groups (broad SMARTS) is 1. The Hall–Kier alpha value is -2.28. The van der Waals surface area contributed by atoms with Crippen LogP contribution in [-0.2, 0) is 6.42 Å². The van der Waals surface area contributed by atoms with Gasteiger partial charge in [-0.05, 0) is 44.0 Å². The van der Waals surface area contributed by atoms with Crippen LogP contribution in [0.15, 0.2) is 29.8 Å². The van der Waals surface area contributed by atoms with E-state index >= 15 is 0 Å². The summed E-state index contributed by atoms with van der Waals surface area (Å²) in [5, 5.41) is 12.5. The lowest BCUT2D eigenvalue weighted by atomic mass is 10.1. The van der Waals surface area contributed by atoms with Crippen molar-refractivity contribution in [3.8, 4) is 5.75 Å². The van der Waals surface area contributed by atoms with Gasteiger partial charge in [0.05, 0.1) is 17.8 Å². The Balaban J connectivity index is 1.43. The molecular formula is C18H23N3O3S. The van der Waals surface area contributed by atoms with Gasteiger partial charge in [-0.3, -0.25) is 0 Å². The first-order chi connectivity index (χ1) is 12.1. The zero-order chi connectivity index (χ0) is 17.6. The van der Waals surface area contributed by atoms with E-state index in [0.29, 0.717) is 25.7 Å². The van der Waals surface area contributed by atoms with Crippen molar-refractivity contribution in [2.75, 3.05) is 25.0 Å². The van der Waals surface area contributed by atoms with E-state index in [1.807, 2.05) is 36.7 Å². The first kappa shape index (κ1) is 17.5. The van der Waals surface area contributed by atoms with E-state index < -0.39 is 6.09 Å². The summed E-state index contributed by atoms with van der Waals surface area (Å²) in [6.07, 6.45) is 1.71. The number of likely N-dealkylation sites (tertiary alicyclic amines) is 1. The van der Waals surface area contributed by atoms with Gasteiger partial charge in [0, 0.05) is 36.1 Å². The van der Waals surface area contributed by atoms with Crippen LogP contribution in [0.25, 0.3) is 0 Å². The van der Waals surface area contributed by atoms with Gasteiger partial charge in [0.25, 0.3) is 0 Å². The van der Waals surface area contributed by atoms with Crippen LogP contribution in [0.4, 0.5) is 10.5 Å². The van der Waals surface area contributed by atoms with E-state index in [2.05, 4.69) is 10.3 Å². The first-order valence-corrected chi connectivity index (χ1v) is 9.36. The van der Waals surface area contributed by atoms with Gasteiger partial charge in [0.15, 0.2) is 0 Å². The fraction of sp³-hybridized carbons (Fsp3) is 0.444. The quantitative estimate of drug-likeness (QED) is 0.822. The number of ether oxygens (including phenoxy) is 1. The summed E-state index contributed by atoms with van der Waals surface area (Å²) in [7, 11) is 0. The zero-order valence-corrected chi connectivity index (χ0v) is 15.1. The molecule has 1 amide bonds. The molecule has 1 aliphatic heterocycles. The molecule has 2 heterocycles. The second-order valence-corrected chi connectivity index (χ2v) is 7.11. The summed E-state index contributed by atoms with van der Waals surface area (Å²) in [6, 6.07) is 8.27. The molecule has 1 aliphatic rings. The highest BCUT2D eigenvalue weighted by atomic mass is 32.1. The summed E-state index contributed by atoms with van der Waals surface area (Å²) >= 11 is 1.67. The number of anilines is 1. The molecule has 0 unspecified atom stereocenters. The van der Waals surface area contributed by atoms with Crippen LogP contribution in [-0.4, -0.2) is 46.8 Å². The van der Waals surface area contributed by atoms with Gasteiger partial charge in [0.1, 0.15) is 5.75 Å². The molecule has 1 saturated heterocycles. The lowest BCUT2D eigenvalue weighted by Crippen LogP contribution is -2.41. The highest BCUT2D eigenvalue weighted by molar-refractivity contribution is 7.09. The maximum Gasteiger partial charge on any atom is 0.407 e. The Morgan fingerprint density at radius 2 is 2.08 bits per heavy atom. The van der Waals surface area contributed by atoms with Gasteiger partial charge in [-0.25, -0.2) is 9.78 Å². The van der Waals surface area contributed by atoms with Crippen LogP contribution in [0.1, 0.15) is 23.4 Å². The summed E-state index contributed by atoms with van der Waals surface area (Å²) in [4.78, 5) is 17.9. The van der Waals surface area contributed by atoms with Gasteiger partial charge in [0.2, 0.25) is 0 Å². The molecule has 0 radical (unpaired) electrons. The summed E-state index contributed by atoms with van der Waals surface area (Å²) in [6.45, 7) is 3.84. The number of piperidine rings is 1. The number of aryl methyl sites for hydroxylation is 1. The normalized spacial score (nSPS) is 15.2. The van der Waals surface area contributed by atoms with Crippen molar-refractivity contribution in [2.45, 2.75) is 32.2 Å². The third-order valence-electron chi connectivity index (χ3n) is 4.43. The van der Waals surface area contributed by atoms with Crippen LogP contribution in [0.2, 0.25) is 0 Å². The van der Waals surface area contributed by atoms with Gasteiger partial charge in [-0.15, -0.1) is 11.3 Å². The van der Waals surface area contributed by atoms with Crippen LogP contribution < -0.4 is 10.1 Å². The average Bonchev–Trinajstić information content (AvgIpc) is 3.02. The molecule has 2 N–H and O–H groups in total. The number of carbonyl (C=O) groups is 1. The van der Waals surface area contributed by atoms with E-state index in [4.69, 9.17) is 9.84 Å². The number of nitrogens with one attached hydrogen (secondary N) is 1. The summed E-state index contributed by atoms with van der Waals surface area (Å²) in [5.41, 5.74) is 3.99. The number of benzene rings is 1. The minimum Gasteiger partial charge on any atom is -0.493 e. The molecule has 134 valence electrons. The SMILES string of the molecule is Cc1ncsc1CCOc1ccc(NC2CCN(C(=O)O)CC2)cc1. The zero-order valence-electron chi connectivity index (χ0n) is 14.3. The molecule has 0 saturated carbocycles. The second-order valence-electron chi connectivity index (χ2n) is 6.17. The van der Waals surface area contributed by atoms with Crippen LogP contribution in [0, 0.1) is 6.92 Å². The van der Waals surface area contributed by atoms with E-state index in [-0.39, 0.29) is 0 Å². The number of nitrogens with zero attached hydrogens (tertiary/aromatic N) is 2. The van der Waals surface area contributed by atoms with Crippen molar-refractivity contribution in [1.82, 2.24) is 9.88 Å². The Labute approximate surface area is 151 Å². The number of rotatable bonds is 6. The molecule has 0 bridgehead atoms. The fourth-order valence-corrected chi connectivity index (χ4v) is 3.69. The van der Waals surface area contributed by atoms with E-state index in [0.717, 1.165) is 36.4 Å². The lowest BCUT2D eigenvalue weighted by Gasteiger charge is -2.31. The molecule has 25 heavy (non-hydrogen) atoms. The molecule has 1 aromatic heterocycles. The smallest absolute Gasteiger partial charge is 0.407 e. The second kappa shape index (κ2) is 8.20. The molecule has 3 rings (SSSR count). The van der Waals surface area contributed by atoms with Gasteiger partial charge in [-0.1, -0.05) is 0 Å². The van der Waals surface area contributed by atoms with Crippen LogP contribution in [0.3, 0.4) is 0 Å². The molecule has 1 fully saturated rings. The molecule has 0 spiro atoms. The Morgan fingerprint density at radius 3 is 2.68 bits per heavy atom. The number of hydrogen-bond acceptors (Lipinski definition) is 5. The molecule has 0 aliphatic carbocycles. The van der Waals surface area contributed by atoms with Crippen molar-refractivity contribution < 1.29 is 14.6 Å². The minimum absolute atomic E-state index is 0.316. The third-order valence-corrected chi connectivity index (χ3v) is 5.43. The fourth-order valence-electron chi connectivity index (χ4n) is 2.93. The number of aromatic nitrogens is 1. The van der Waals surface area contributed by atoms with Crippen molar-refractivity contribution in [2.24, 2.45) is 0 Å². The molecule has 2 aromatic rings. The van der Waals surface area contributed by atoms with Gasteiger partial charge < -0.3 is 20.1 Å². The topological polar surface area (TPSA) is 74.7 Å². The molecule has 0 atom stereocenters. The Morgan fingerprint density at radius 1 is 1.36 bits per heavy atom. The largest absolute Gasteiger partial charge is 0.493 e. The minimum atomic E-state index is -0.825. The van der Waals surface area contributed by atoms with Crippen molar-refractivity contribution in [1.29, 1.82) is 0 Å². The molecular weight excluding hydrogens is 338 g/mol. The summed E-state index contributed by atoms with van der Waals surface area (Å²) < 4.78 is 5.80. The third kappa shape index (κ3) is 4.85. The number of thiazole rings is 1.